The molecular formula is C16H14F3NO. The summed E-state index contributed by atoms with van der Waals surface area (Å²) < 4.78 is 37.8. The van der Waals surface area contributed by atoms with Gasteiger partial charge in [0.05, 0.1) is 5.56 Å². The summed E-state index contributed by atoms with van der Waals surface area (Å²) in [5, 5.41) is 3.03. The number of ketones is 1. The summed E-state index contributed by atoms with van der Waals surface area (Å²) in [6.45, 7) is 1.76. The van der Waals surface area contributed by atoms with Crippen molar-refractivity contribution in [3.63, 3.8) is 0 Å². The molecule has 110 valence electrons. The van der Waals surface area contributed by atoms with E-state index in [0.717, 1.165) is 17.8 Å². The van der Waals surface area contributed by atoms with E-state index in [1.54, 1.807) is 30.3 Å². The fourth-order valence-corrected chi connectivity index (χ4v) is 1.88. The minimum atomic E-state index is -4.33. The molecule has 0 spiro atoms. The number of alkyl halides is 3. The van der Waals surface area contributed by atoms with Crippen LogP contribution in [0.25, 0.3) is 0 Å². The van der Waals surface area contributed by atoms with Gasteiger partial charge in [0, 0.05) is 17.8 Å². The summed E-state index contributed by atoms with van der Waals surface area (Å²) in [7, 11) is 0. The lowest BCUT2D eigenvalue weighted by molar-refractivity contribution is -0.137. The lowest BCUT2D eigenvalue weighted by Gasteiger charge is -2.10. The molecule has 0 saturated carbocycles. The number of carbonyl (C=O) groups is 1. The van der Waals surface area contributed by atoms with E-state index in [1.807, 2.05) is 0 Å². The second-order valence-electron chi connectivity index (χ2n) is 4.69. The molecule has 21 heavy (non-hydrogen) atoms. The SMILES string of the molecule is CC(=O)c1ccc(NCc2cccc(C(F)(F)F)c2)cc1. The largest absolute Gasteiger partial charge is 0.416 e. The highest BCUT2D eigenvalue weighted by Gasteiger charge is 2.30. The Bertz CT molecular complexity index is 633. The van der Waals surface area contributed by atoms with Crippen LogP contribution in [0.2, 0.25) is 0 Å². The highest BCUT2D eigenvalue weighted by atomic mass is 19.4. The Morgan fingerprint density at radius 1 is 1.10 bits per heavy atom. The summed E-state index contributed by atoms with van der Waals surface area (Å²) in [6.07, 6.45) is -4.33. The van der Waals surface area contributed by atoms with Crippen molar-refractivity contribution in [2.45, 2.75) is 19.6 Å². The Balaban J connectivity index is 2.04. The predicted octanol–water partition coefficient (Wildman–Crippen LogP) is 4.52. The third-order valence-electron chi connectivity index (χ3n) is 3.04. The van der Waals surface area contributed by atoms with Crippen molar-refractivity contribution in [2.75, 3.05) is 5.32 Å². The van der Waals surface area contributed by atoms with Gasteiger partial charge >= 0.3 is 6.18 Å². The molecule has 0 heterocycles. The molecule has 0 bridgehead atoms. The van der Waals surface area contributed by atoms with E-state index in [0.29, 0.717) is 11.1 Å². The number of anilines is 1. The zero-order valence-corrected chi connectivity index (χ0v) is 11.4. The Kier molecular flexibility index (Phi) is 4.31. The van der Waals surface area contributed by atoms with Gasteiger partial charge in [0.15, 0.2) is 5.78 Å². The van der Waals surface area contributed by atoms with Crippen LogP contribution in [0.5, 0.6) is 0 Å². The molecule has 0 aliphatic heterocycles. The number of halogens is 3. The average molecular weight is 293 g/mol. The van der Waals surface area contributed by atoms with E-state index in [-0.39, 0.29) is 12.3 Å². The number of benzene rings is 2. The van der Waals surface area contributed by atoms with Crippen molar-refractivity contribution < 1.29 is 18.0 Å². The highest BCUT2D eigenvalue weighted by Crippen LogP contribution is 2.29. The number of Topliss-reactive ketones (excluding diaryl/α,β-unsaturated/α-hetero) is 1. The Labute approximate surface area is 120 Å². The number of rotatable bonds is 4. The number of hydrogen-bond donors (Lipinski definition) is 1. The van der Waals surface area contributed by atoms with Crippen molar-refractivity contribution in [3.05, 3.63) is 65.2 Å². The molecule has 2 nitrogen and oxygen atoms in total. The fourth-order valence-electron chi connectivity index (χ4n) is 1.88. The van der Waals surface area contributed by atoms with E-state index in [2.05, 4.69) is 5.32 Å². The van der Waals surface area contributed by atoms with E-state index >= 15 is 0 Å². The van der Waals surface area contributed by atoms with Gasteiger partial charge in [0.1, 0.15) is 0 Å². The maximum atomic E-state index is 12.6. The second kappa shape index (κ2) is 5.99. The van der Waals surface area contributed by atoms with Gasteiger partial charge in [-0.2, -0.15) is 13.2 Å². The molecule has 2 aromatic rings. The van der Waals surface area contributed by atoms with Crippen LogP contribution in [0.15, 0.2) is 48.5 Å². The van der Waals surface area contributed by atoms with E-state index in [4.69, 9.17) is 0 Å². The monoisotopic (exact) mass is 293 g/mol. The predicted molar refractivity (Wildman–Crippen MR) is 75.2 cm³/mol. The van der Waals surface area contributed by atoms with E-state index < -0.39 is 11.7 Å². The molecule has 0 unspecified atom stereocenters. The van der Waals surface area contributed by atoms with E-state index in [1.165, 1.54) is 13.0 Å². The molecule has 5 heteroatoms. The Hall–Kier alpha value is -2.30. The normalized spacial score (nSPS) is 11.2. The summed E-state index contributed by atoms with van der Waals surface area (Å²) in [4.78, 5) is 11.1. The van der Waals surface area contributed by atoms with Gasteiger partial charge in [-0.1, -0.05) is 12.1 Å². The zero-order chi connectivity index (χ0) is 15.5. The molecule has 0 radical (unpaired) electrons. The van der Waals surface area contributed by atoms with Crippen LogP contribution >= 0.6 is 0 Å². The van der Waals surface area contributed by atoms with Crippen LogP contribution in [0.3, 0.4) is 0 Å². The smallest absolute Gasteiger partial charge is 0.381 e. The van der Waals surface area contributed by atoms with Crippen molar-refractivity contribution in [3.8, 4) is 0 Å². The van der Waals surface area contributed by atoms with Crippen LogP contribution in [-0.4, -0.2) is 5.78 Å². The van der Waals surface area contributed by atoms with Gasteiger partial charge in [-0.25, -0.2) is 0 Å². The third kappa shape index (κ3) is 4.08. The van der Waals surface area contributed by atoms with Gasteiger partial charge in [0.25, 0.3) is 0 Å². The molecule has 0 amide bonds. The molecule has 2 aromatic carbocycles. The average Bonchev–Trinajstić information content (AvgIpc) is 2.45. The first-order chi connectivity index (χ1) is 9.86. The maximum absolute atomic E-state index is 12.6. The topological polar surface area (TPSA) is 29.1 Å². The fraction of sp³-hybridized carbons (Fsp3) is 0.188. The highest BCUT2D eigenvalue weighted by molar-refractivity contribution is 5.94. The van der Waals surface area contributed by atoms with Crippen LogP contribution in [-0.2, 0) is 12.7 Å². The van der Waals surface area contributed by atoms with Gasteiger partial charge in [-0.05, 0) is 48.9 Å². The van der Waals surface area contributed by atoms with Crippen molar-refractivity contribution in [1.82, 2.24) is 0 Å². The van der Waals surface area contributed by atoms with Crippen LogP contribution in [0.1, 0.15) is 28.4 Å². The molecule has 0 aromatic heterocycles. The van der Waals surface area contributed by atoms with Gasteiger partial charge in [-0.15, -0.1) is 0 Å². The van der Waals surface area contributed by atoms with Gasteiger partial charge in [-0.3, -0.25) is 4.79 Å². The van der Waals surface area contributed by atoms with Crippen LogP contribution < -0.4 is 5.32 Å². The van der Waals surface area contributed by atoms with Crippen LogP contribution in [0.4, 0.5) is 18.9 Å². The number of hydrogen-bond acceptors (Lipinski definition) is 2. The molecule has 2 rings (SSSR count). The maximum Gasteiger partial charge on any atom is 0.416 e. The Morgan fingerprint density at radius 3 is 2.33 bits per heavy atom. The number of nitrogens with one attached hydrogen (secondary N) is 1. The molecule has 1 N–H and O–H groups in total. The Morgan fingerprint density at radius 2 is 1.76 bits per heavy atom. The molecule has 0 fully saturated rings. The first-order valence-electron chi connectivity index (χ1n) is 6.37. The van der Waals surface area contributed by atoms with Gasteiger partial charge in [0.2, 0.25) is 0 Å². The first kappa shape index (κ1) is 15.1. The minimum Gasteiger partial charge on any atom is -0.381 e. The zero-order valence-electron chi connectivity index (χ0n) is 11.4. The van der Waals surface area contributed by atoms with E-state index in [9.17, 15) is 18.0 Å². The molecule has 0 atom stereocenters. The quantitative estimate of drug-likeness (QED) is 0.840. The summed E-state index contributed by atoms with van der Waals surface area (Å²) in [5.41, 5.74) is 1.23. The first-order valence-corrected chi connectivity index (χ1v) is 6.37. The molecular weight excluding hydrogens is 279 g/mol. The van der Waals surface area contributed by atoms with Gasteiger partial charge < -0.3 is 5.32 Å². The molecule has 0 aliphatic carbocycles. The summed E-state index contributed by atoms with van der Waals surface area (Å²) in [5.74, 6) is -0.0283. The molecule has 0 saturated heterocycles. The minimum absolute atomic E-state index is 0.0283. The standard InChI is InChI=1S/C16H14F3NO/c1-11(21)13-5-7-15(8-6-13)20-10-12-3-2-4-14(9-12)16(17,18)19/h2-9,20H,10H2,1H3. The lowest BCUT2D eigenvalue weighted by Crippen LogP contribution is -2.07. The lowest BCUT2D eigenvalue weighted by atomic mass is 10.1. The van der Waals surface area contributed by atoms with Crippen molar-refractivity contribution in [1.29, 1.82) is 0 Å². The third-order valence-corrected chi connectivity index (χ3v) is 3.04. The second-order valence-corrected chi connectivity index (χ2v) is 4.69. The summed E-state index contributed by atoms with van der Waals surface area (Å²) >= 11 is 0. The number of carbonyl (C=O) groups excluding carboxylic acids is 1. The van der Waals surface area contributed by atoms with Crippen LogP contribution in [0, 0.1) is 0 Å². The van der Waals surface area contributed by atoms with Crippen molar-refractivity contribution in [2.24, 2.45) is 0 Å². The summed E-state index contributed by atoms with van der Waals surface area (Å²) in [6, 6.07) is 12.0. The molecule has 0 aliphatic rings. The van der Waals surface area contributed by atoms with Crippen molar-refractivity contribution >= 4 is 11.5 Å².